The first kappa shape index (κ1) is 27.2. The van der Waals surface area contributed by atoms with Gasteiger partial charge >= 0.3 is 0 Å². The molecular weight excluding hydrogens is 472 g/mol. The molecule has 3 aliphatic rings. The molecule has 3 fully saturated rings. The lowest BCUT2D eigenvalue weighted by Crippen LogP contribution is -2.68. The summed E-state index contributed by atoms with van der Waals surface area (Å²) in [7, 11) is 3.65. The Morgan fingerprint density at radius 3 is 2.61 bits per heavy atom. The summed E-state index contributed by atoms with van der Waals surface area (Å²) in [6.07, 6.45) is 11.5. The molecule has 0 radical (unpaired) electrons. The van der Waals surface area contributed by atoms with Gasteiger partial charge in [0.1, 0.15) is 5.75 Å². The second-order valence-electron chi connectivity index (χ2n) is 12.0. The van der Waals surface area contributed by atoms with E-state index in [1.54, 1.807) is 7.11 Å². The Hall–Kier alpha value is -2.37. The third kappa shape index (κ3) is 6.10. The van der Waals surface area contributed by atoms with E-state index < -0.39 is 0 Å². The number of hydrogen-bond donors (Lipinski definition) is 1. The highest BCUT2D eigenvalue weighted by atomic mass is 16.5. The second-order valence-corrected chi connectivity index (χ2v) is 12.0. The number of carbonyl (C=O) groups excluding carboxylic acids is 1. The maximum absolute atomic E-state index is 13.0. The lowest BCUT2D eigenvalue weighted by atomic mass is 9.55. The van der Waals surface area contributed by atoms with E-state index in [0.717, 1.165) is 76.1 Å². The molecule has 2 aromatic rings. The minimum atomic E-state index is -0.245. The highest BCUT2D eigenvalue weighted by Gasteiger charge is 2.59. The first-order valence-electron chi connectivity index (χ1n) is 14.8. The summed E-state index contributed by atoms with van der Waals surface area (Å²) in [5.74, 6) is 1.96. The molecule has 1 N–H and O–H groups in total. The maximum Gasteiger partial charge on any atom is 0.220 e. The fourth-order valence-corrected chi connectivity index (χ4v) is 7.19. The third-order valence-electron chi connectivity index (χ3n) is 9.50. The van der Waals surface area contributed by atoms with Crippen molar-refractivity contribution >= 4 is 5.91 Å². The smallest absolute Gasteiger partial charge is 0.220 e. The summed E-state index contributed by atoms with van der Waals surface area (Å²) < 4.78 is 12.2. The summed E-state index contributed by atoms with van der Waals surface area (Å²) in [6.45, 7) is 3.25. The van der Waals surface area contributed by atoms with Crippen LogP contribution in [0.25, 0.3) is 0 Å². The highest BCUT2D eigenvalue weighted by Crippen LogP contribution is 2.54. The van der Waals surface area contributed by atoms with Crippen molar-refractivity contribution in [3.05, 3.63) is 65.7 Å². The third-order valence-corrected chi connectivity index (χ3v) is 9.50. The molecule has 0 spiro atoms. The molecule has 2 saturated carbocycles. The van der Waals surface area contributed by atoms with E-state index >= 15 is 0 Å². The van der Waals surface area contributed by atoms with E-state index in [9.17, 15) is 4.79 Å². The number of amides is 1. The van der Waals surface area contributed by atoms with Gasteiger partial charge in [-0.2, -0.15) is 0 Å². The van der Waals surface area contributed by atoms with Gasteiger partial charge in [-0.15, -0.1) is 0 Å². The number of piperidine rings is 1. The van der Waals surface area contributed by atoms with Crippen molar-refractivity contribution < 1.29 is 14.3 Å². The van der Waals surface area contributed by atoms with Crippen LogP contribution in [-0.4, -0.2) is 56.3 Å². The van der Waals surface area contributed by atoms with Crippen molar-refractivity contribution in [3.8, 4) is 5.75 Å². The van der Waals surface area contributed by atoms with Gasteiger partial charge < -0.3 is 19.7 Å². The zero-order chi connectivity index (χ0) is 26.4. The van der Waals surface area contributed by atoms with Crippen molar-refractivity contribution in [3.63, 3.8) is 0 Å². The molecule has 1 amide bonds. The number of methoxy groups -OCH3 is 2. The van der Waals surface area contributed by atoms with Crippen LogP contribution < -0.4 is 10.1 Å². The van der Waals surface area contributed by atoms with E-state index in [4.69, 9.17) is 9.47 Å². The number of fused-ring (bicyclic) bond motifs is 1. The van der Waals surface area contributed by atoms with Gasteiger partial charge in [-0.3, -0.25) is 4.79 Å². The van der Waals surface area contributed by atoms with Gasteiger partial charge in [0.05, 0.1) is 12.7 Å². The fraction of sp³-hybridized carbons (Fsp3) is 0.606. The van der Waals surface area contributed by atoms with Crippen molar-refractivity contribution in [2.24, 2.45) is 5.92 Å². The summed E-state index contributed by atoms with van der Waals surface area (Å²) in [5.41, 5.74) is 2.30. The van der Waals surface area contributed by atoms with Gasteiger partial charge in [0, 0.05) is 38.1 Å². The molecule has 5 nitrogen and oxygen atoms in total. The summed E-state index contributed by atoms with van der Waals surface area (Å²) in [4.78, 5) is 15.7. The SMILES string of the molecule is COc1cccc(C23CCN(CC4CC4)CC2(OC)CCC(NC(=O)CCCCCc2ccccc2)C3)c1. The topological polar surface area (TPSA) is 50.8 Å². The Morgan fingerprint density at radius 2 is 1.84 bits per heavy atom. The van der Waals surface area contributed by atoms with Crippen molar-refractivity contribution in [1.29, 1.82) is 0 Å². The molecule has 2 aromatic carbocycles. The molecule has 206 valence electrons. The molecule has 5 heteroatoms. The molecule has 3 unspecified atom stereocenters. The molecule has 1 heterocycles. The lowest BCUT2D eigenvalue weighted by molar-refractivity contribution is -0.151. The average Bonchev–Trinajstić information content (AvgIpc) is 3.77. The standard InChI is InChI=1S/C33H46N2O3/c1-37-30-14-9-13-28(22-30)32-20-21-35(24-27-16-17-27)25-33(32,38-2)19-18-29(23-32)34-31(36)15-8-4-7-12-26-10-5-3-6-11-26/h3,5-6,9-11,13-14,22,27,29H,4,7-8,12,15-21,23-25H2,1-2H3,(H,34,36). The first-order chi connectivity index (χ1) is 18.6. The van der Waals surface area contributed by atoms with E-state index in [1.807, 2.05) is 13.2 Å². The van der Waals surface area contributed by atoms with Crippen LogP contribution in [0.4, 0.5) is 0 Å². The summed E-state index contributed by atoms with van der Waals surface area (Å²) >= 11 is 0. The molecule has 3 atom stereocenters. The molecule has 0 aromatic heterocycles. The van der Waals surface area contributed by atoms with Crippen LogP contribution in [0.3, 0.4) is 0 Å². The number of likely N-dealkylation sites (tertiary alicyclic amines) is 1. The van der Waals surface area contributed by atoms with Crippen LogP contribution in [0, 0.1) is 5.92 Å². The monoisotopic (exact) mass is 518 g/mol. The normalized spacial score (nSPS) is 27.5. The molecule has 2 aliphatic carbocycles. The van der Waals surface area contributed by atoms with Crippen LogP contribution >= 0.6 is 0 Å². The van der Waals surface area contributed by atoms with Gasteiger partial charge in [0.25, 0.3) is 0 Å². The highest BCUT2D eigenvalue weighted by molar-refractivity contribution is 5.76. The van der Waals surface area contributed by atoms with Crippen LogP contribution in [0.5, 0.6) is 5.75 Å². The Kier molecular flexibility index (Phi) is 8.74. The van der Waals surface area contributed by atoms with Gasteiger partial charge in [0.2, 0.25) is 5.91 Å². The predicted molar refractivity (Wildman–Crippen MR) is 153 cm³/mol. The number of ether oxygens (including phenoxy) is 2. The van der Waals surface area contributed by atoms with E-state index in [0.29, 0.717) is 6.42 Å². The maximum atomic E-state index is 13.0. The van der Waals surface area contributed by atoms with Crippen molar-refractivity contribution in [2.75, 3.05) is 33.9 Å². The number of nitrogens with one attached hydrogen (secondary N) is 1. The average molecular weight is 519 g/mol. The molecule has 0 bridgehead atoms. The molecule has 5 rings (SSSR count). The van der Waals surface area contributed by atoms with Crippen molar-refractivity contribution in [1.82, 2.24) is 10.2 Å². The zero-order valence-electron chi connectivity index (χ0n) is 23.4. The Morgan fingerprint density at radius 1 is 1.00 bits per heavy atom. The van der Waals surface area contributed by atoms with Crippen LogP contribution in [0.1, 0.15) is 75.3 Å². The van der Waals surface area contributed by atoms with Crippen molar-refractivity contribution in [2.45, 2.75) is 87.7 Å². The van der Waals surface area contributed by atoms with Gasteiger partial charge in [-0.05, 0) is 93.5 Å². The fourth-order valence-electron chi connectivity index (χ4n) is 7.19. The van der Waals surface area contributed by atoms with E-state index in [1.165, 1.54) is 30.5 Å². The minimum Gasteiger partial charge on any atom is -0.497 e. The summed E-state index contributed by atoms with van der Waals surface area (Å²) in [6, 6.07) is 19.4. The Bertz CT molecular complexity index is 1060. The number of carbonyl (C=O) groups is 1. The van der Waals surface area contributed by atoms with E-state index in [-0.39, 0.29) is 23.0 Å². The van der Waals surface area contributed by atoms with Crippen LogP contribution in [0.15, 0.2) is 54.6 Å². The molecule has 38 heavy (non-hydrogen) atoms. The van der Waals surface area contributed by atoms with Gasteiger partial charge in [-0.25, -0.2) is 0 Å². The quantitative estimate of drug-likeness (QED) is 0.355. The van der Waals surface area contributed by atoms with Gasteiger partial charge in [0.15, 0.2) is 0 Å². The van der Waals surface area contributed by atoms with E-state index in [2.05, 4.69) is 58.7 Å². The number of unbranched alkanes of at least 4 members (excludes halogenated alkanes) is 2. The Balaban J connectivity index is 1.23. The minimum absolute atomic E-state index is 0.137. The molecule has 1 aliphatic heterocycles. The number of nitrogens with zero attached hydrogens (tertiary/aromatic N) is 1. The largest absolute Gasteiger partial charge is 0.497 e. The number of hydrogen-bond acceptors (Lipinski definition) is 4. The molecule has 1 saturated heterocycles. The lowest BCUT2D eigenvalue weighted by Gasteiger charge is -2.60. The summed E-state index contributed by atoms with van der Waals surface area (Å²) in [5, 5.41) is 3.44. The van der Waals surface area contributed by atoms with Gasteiger partial charge in [-0.1, -0.05) is 48.9 Å². The zero-order valence-corrected chi connectivity index (χ0v) is 23.4. The second kappa shape index (κ2) is 12.2. The Labute approximate surface area is 229 Å². The number of benzene rings is 2. The number of rotatable bonds is 12. The van der Waals surface area contributed by atoms with Crippen LogP contribution in [0.2, 0.25) is 0 Å². The molecular formula is C33H46N2O3. The first-order valence-corrected chi connectivity index (χ1v) is 14.8. The van der Waals surface area contributed by atoms with Crippen LogP contribution in [-0.2, 0) is 21.4 Å². The number of aryl methyl sites for hydroxylation is 1. The predicted octanol–water partition coefficient (Wildman–Crippen LogP) is 5.91.